The van der Waals surface area contributed by atoms with Crippen LogP contribution < -0.4 is 5.32 Å². The Hall–Kier alpha value is -1.53. The van der Waals surface area contributed by atoms with Gasteiger partial charge in [-0.1, -0.05) is 6.92 Å². The summed E-state index contributed by atoms with van der Waals surface area (Å²) in [6.45, 7) is 2.97. The molecule has 0 radical (unpaired) electrons. The van der Waals surface area contributed by atoms with Crippen LogP contribution in [0.25, 0.3) is 0 Å². The first-order chi connectivity index (χ1) is 10.1. The lowest BCUT2D eigenvalue weighted by molar-refractivity contribution is -0.132. The van der Waals surface area contributed by atoms with E-state index in [9.17, 15) is 13.6 Å². The molecule has 0 aliphatic carbocycles. The van der Waals surface area contributed by atoms with Gasteiger partial charge in [0.05, 0.1) is 18.7 Å². The molecule has 6 heteroatoms. The summed E-state index contributed by atoms with van der Waals surface area (Å²) in [6, 6.07) is 3.07. The first kappa shape index (κ1) is 14.4. The molecule has 21 heavy (non-hydrogen) atoms. The highest BCUT2D eigenvalue weighted by Gasteiger charge is 2.44. The van der Waals surface area contributed by atoms with Gasteiger partial charge in [0.2, 0.25) is 5.91 Å². The molecule has 0 bridgehead atoms. The van der Waals surface area contributed by atoms with Crippen molar-refractivity contribution in [3.63, 3.8) is 0 Å². The van der Waals surface area contributed by atoms with Gasteiger partial charge in [0.15, 0.2) is 0 Å². The molecule has 0 saturated carbocycles. The first-order valence-corrected chi connectivity index (χ1v) is 7.22. The lowest BCUT2D eigenvalue weighted by Crippen LogP contribution is -2.40. The summed E-state index contributed by atoms with van der Waals surface area (Å²) < 4.78 is 32.5. The van der Waals surface area contributed by atoms with Crippen molar-refractivity contribution in [3.8, 4) is 0 Å². The second-order valence-electron chi connectivity index (χ2n) is 5.46. The fourth-order valence-electron chi connectivity index (χ4n) is 3.04. The topological polar surface area (TPSA) is 41.6 Å². The zero-order valence-corrected chi connectivity index (χ0v) is 11.8. The van der Waals surface area contributed by atoms with E-state index >= 15 is 0 Å². The van der Waals surface area contributed by atoms with Crippen LogP contribution >= 0.6 is 0 Å². The van der Waals surface area contributed by atoms with Gasteiger partial charge in [-0.25, -0.2) is 8.78 Å². The van der Waals surface area contributed by atoms with Crippen LogP contribution in [0.4, 0.5) is 8.78 Å². The maximum absolute atomic E-state index is 14.1. The van der Waals surface area contributed by atoms with Gasteiger partial charge in [-0.05, 0) is 25.0 Å². The number of amides is 1. The number of nitrogens with zero attached hydrogens (tertiary/aromatic N) is 1. The van der Waals surface area contributed by atoms with Gasteiger partial charge in [-0.15, -0.1) is 0 Å². The third-order valence-corrected chi connectivity index (χ3v) is 4.15. The second-order valence-corrected chi connectivity index (χ2v) is 5.46. The fraction of sp³-hybridized carbons (Fsp3) is 0.533. The van der Waals surface area contributed by atoms with Gasteiger partial charge in [0.25, 0.3) is 0 Å². The molecule has 1 N–H and O–H groups in total. The molecule has 2 fully saturated rings. The third-order valence-electron chi connectivity index (χ3n) is 4.15. The highest BCUT2D eigenvalue weighted by atomic mass is 19.1. The number of halogens is 2. The number of carbonyl (C=O) groups excluding carboxylic acids is 1. The Bertz CT molecular complexity index is 546. The average molecular weight is 296 g/mol. The zero-order valence-electron chi connectivity index (χ0n) is 11.8. The minimum absolute atomic E-state index is 0.0401. The normalized spacial score (nSPS) is 29.4. The number of rotatable bonds is 3. The van der Waals surface area contributed by atoms with Crippen LogP contribution in [0.1, 0.15) is 31.5 Å². The van der Waals surface area contributed by atoms with E-state index in [1.807, 2.05) is 6.92 Å². The van der Waals surface area contributed by atoms with Crippen LogP contribution in [0.15, 0.2) is 18.2 Å². The molecule has 1 aromatic rings. The summed E-state index contributed by atoms with van der Waals surface area (Å²) in [5, 5.41) is 3.15. The van der Waals surface area contributed by atoms with E-state index in [1.54, 1.807) is 4.90 Å². The minimum atomic E-state index is -0.638. The molecule has 2 aliphatic rings. The van der Waals surface area contributed by atoms with Gasteiger partial charge in [-0.2, -0.15) is 0 Å². The summed E-state index contributed by atoms with van der Waals surface area (Å²) in [6.07, 6.45) is 0.806. The Balaban J connectivity index is 1.95. The number of hydrogen-bond donors (Lipinski definition) is 1. The molecule has 2 saturated heterocycles. The Kier molecular flexibility index (Phi) is 3.91. The summed E-state index contributed by atoms with van der Waals surface area (Å²) >= 11 is 0. The third kappa shape index (κ3) is 2.53. The Morgan fingerprint density at radius 2 is 2.24 bits per heavy atom. The second kappa shape index (κ2) is 5.69. The van der Waals surface area contributed by atoms with Gasteiger partial charge < -0.3 is 9.64 Å². The lowest BCUT2D eigenvalue weighted by atomic mass is 10.1. The van der Waals surface area contributed by atoms with Crippen molar-refractivity contribution in [2.45, 2.75) is 38.0 Å². The molecule has 4 nitrogen and oxygen atoms in total. The monoisotopic (exact) mass is 296 g/mol. The molecule has 114 valence electrons. The minimum Gasteiger partial charge on any atom is -0.379 e. The number of hydrogen-bond acceptors (Lipinski definition) is 3. The molecule has 1 amide bonds. The predicted molar refractivity (Wildman–Crippen MR) is 72.4 cm³/mol. The Morgan fingerprint density at radius 1 is 1.43 bits per heavy atom. The maximum Gasteiger partial charge on any atom is 0.241 e. The zero-order chi connectivity index (χ0) is 15.0. The summed E-state index contributed by atoms with van der Waals surface area (Å²) in [5.41, 5.74) is 0.299. The lowest BCUT2D eigenvalue weighted by Gasteiger charge is -2.29. The van der Waals surface area contributed by atoms with Crippen LogP contribution in [0.2, 0.25) is 0 Å². The summed E-state index contributed by atoms with van der Waals surface area (Å²) in [4.78, 5) is 14.2. The highest BCUT2D eigenvalue weighted by Crippen LogP contribution is 2.32. The highest BCUT2D eigenvalue weighted by molar-refractivity contribution is 5.85. The molecule has 3 atom stereocenters. The van der Waals surface area contributed by atoms with E-state index in [0.29, 0.717) is 25.2 Å². The van der Waals surface area contributed by atoms with E-state index in [1.165, 1.54) is 12.1 Å². The molecule has 0 aromatic heterocycles. The van der Waals surface area contributed by atoms with Crippen LogP contribution in [-0.4, -0.2) is 36.1 Å². The molecule has 3 rings (SSSR count). The standard InChI is InChI=1S/C15H18F2N2O2/c1-2-13-15(20)19(10-5-6-21-8-10)14(18-13)11-4-3-9(16)7-12(11)17/h3-4,7,10,13-14,18H,2,5-6,8H2,1H3. The van der Waals surface area contributed by atoms with Crippen molar-refractivity contribution in [2.24, 2.45) is 0 Å². The predicted octanol–water partition coefficient (Wildman–Crippen LogP) is 1.96. The smallest absolute Gasteiger partial charge is 0.241 e. The summed E-state index contributed by atoms with van der Waals surface area (Å²) in [7, 11) is 0. The largest absolute Gasteiger partial charge is 0.379 e. The fourth-order valence-corrected chi connectivity index (χ4v) is 3.04. The number of benzene rings is 1. The van der Waals surface area contributed by atoms with Crippen molar-refractivity contribution >= 4 is 5.91 Å². The van der Waals surface area contributed by atoms with Crippen LogP contribution in [0, 0.1) is 11.6 Å². The summed E-state index contributed by atoms with van der Waals surface area (Å²) in [5.74, 6) is -1.30. The van der Waals surface area contributed by atoms with Crippen LogP contribution in [-0.2, 0) is 9.53 Å². The van der Waals surface area contributed by atoms with Gasteiger partial charge in [0.1, 0.15) is 17.8 Å². The van der Waals surface area contributed by atoms with Gasteiger partial charge >= 0.3 is 0 Å². The molecule has 2 aliphatic heterocycles. The first-order valence-electron chi connectivity index (χ1n) is 7.22. The maximum atomic E-state index is 14.1. The van der Waals surface area contributed by atoms with E-state index in [0.717, 1.165) is 12.5 Å². The van der Waals surface area contributed by atoms with Crippen molar-refractivity contribution in [1.82, 2.24) is 10.2 Å². The van der Waals surface area contributed by atoms with Crippen molar-refractivity contribution in [1.29, 1.82) is 0 Å². The van der Waals surface area contributed by atoms with Crippen molar-refractivity contribution < 1.29 is 18.3 Å². The molecular formula is C15H18F2N2O2. The Labute approximate surface area is 122 Å². The average Bonchev–Trinajstić information content (AvgIpc) is 3.06. The van der Waals surface area contributed by atoms with E-state index in [-0.39, 0.29) is 18.0 Å². The molecule has 3 unspecified atom stereocenters. The molecule has 1 aromatic carbocycles. The molecule has 0 spiro atoms. The van der Waals surface area contributed by atoms with Crippen LogP contribution in [0.3, 0.4) is 0 Å². The van der Waals surface area contributed by atoms with Crippen LogP contribution in [0.5, 0.6) is 0 Å². The number of nitrogens with one attached hydrogen (secondary N) is 1. The SMILES string of the molecule is CCC1NC(c2ccc(F)cc2F)N(C2CCOC2)C1=O. The number of carbonyl (C=O) groups is 1. The van der Waals surface area contributed by atoms with Crippen molar-refractivity contribution in [2.75, 3.05) is 13.2 Å². The van der Waals surface area contributed by atoms with Gasteiger partial charge in [-0.3, -0.25) is 10.1 Å². The number of ether oxygens (including phenoxy) is 1. The van der Waals surface area contributed by atoms with Crippen molar-refractivity contribution in [3.05, 3.63) is 35.4 Å². The van der Waals surface area contributed by atoms with E-state index in [2.05, 4.69) is 5.32 Å². The van der Waals surface area contributed by atoms with E-state index in [4.69, 9.17) is 4.74 Å². The van der Waals surface area contributed by atoms with Gasteiger partial charge in [0, 0.05) is 18.2 Å². The quantitative estimate of drug-likeness (QED) is 0.927. The molecule has 2 heterocycles. The van der Waals surface area contributed by atoms with E-state index < -0.39 is 17.8 Å². The molecular weight excluding hydrogens is 278 g/mol. The Morgan fingerprint density at radius 3 is 2.86 bits per heavy atom.